The molecule has 1 fully saturated rings. The van der Waals surface area contributed by atoms with Crippen LogP contribution in [0.3, 0.4) is 0 Å². The summed E-state index contributed by atoms with van der Waals surface area (Å²) in [5, 5.41) is 9.24. The van der Waals surface area contributed by atoms with Crippen LogP contribution < -0.4 is 4.74 Å². The standard InChI is InChI=1S/C25H29N5O4S2/c1-4-13-30-24(21-7-5-6-8-22(21)34-3)26-27-25(30)35-18-23(31)28-14-16-29(17-15-28)36(32,33)20-11-9-19(2)10-12-20/h4-12H,1,13-18H2,2-3H3. The molecule has 1 saturated heterocycles. The van der Waals surface area contributed by atoms with E-state index in [-0.39, 0.29) is 29.6 Å². The molecular weight excluding hydrogens is 498 g/mol. The van der Waals surface area contributed by atoms with Gasteiger partial charge in [-0.2, -0.15) is 4.31 Å². The maximum atomic E-state index is 12.9. The number of piperazine rings is 1. The minimum absolute atomic E-state index is 0.0700. The SMILES string of the molecule is C=CCn1c(SCC(=O)N2CCN(S(=O)(=O)c3ccc(C)cc3)CC2)nnc1-c1ccccc1OC. The molecule has 0 bridgehead atoms. The van der Waals surface area contributed by atoms with Gasteiger partial charge >= 0.3 is 0 Å². The highest BCUT2D eigenvalue weighted by molar-refractivity contribution is 7.99. The number of ether oxygens (including phenoxy) is 1. The summed E-state index contributed by atoms with van der Waals surface area (Å²) in [6.45, 7) is 7.43. The van der Waals surface area contributed by atoms with Gasteiger partial charge in [-0.15, -0.1) is 16.8 Å². The van der Waals surface area contributed by atoms with Crippen molar-refractivity contribution >= 4 is 27.7 Å². The molecule has 9 nitrogen and oxygen atoms in total. The number of carbonyl (C=O) groups excluding carboxylic acids is 1. The number of aromatic nitrogens is 3. The average molecular weight is 528 g/mol. The largest absolute Gasteiger partial charge is 0.496 e. The summed E-state index contributed by atoms with van der Waals surface area (Å²) in [5.74, 6) is 1.42. The van der Waals surface area contributed by atoms with Gasteiger partial charge in [0.25, 0.3) is 0 Å². The number of methoxy groups -OCH3 is 1. The second-order valence-electron chi connectivity index (χ2n) is 8.29. The van der Waals surface area contributed by atoms with E-state index >= 15 is 0 Å². The van der Waals surface area contributed by atoms with Crippen LogP contribution in [-0.4, -0.2) is 77.3 Å². The summed E-state index contributed by atoms with van der Waals surface area (Å²) < 4.78 is 34.7. The zero-order chi connectivity index (χ0) is 25.7. The van der Waals surface area contributed by atoms with Crippen molar-refractivity contribution in [1.29, 1.82) is 0 Å². The van der Waals surface area contributed by atoms with Crippen LogP contribution in [0.25, 0.3) is 11.4 Å². The van der Waals surface area contributed by atoms with Crippen LogP contribution in [0, 0.1) is 6.92 Å². The fraction of sp³-hybridized carbons (Fsp3) is 0.320. The molecule has 0 N–H and O–H groups in total. The van der Waals surface area contributed by atoms with Crippen molar-refractivity contribution < 1.29 is 17.9 Å². The Morgan fingerprint density at radius 3 is 2.44 bits per heavy atom. The number of rotatable bonds is 9. The Kier molecular flexibility index (Phi) is 8.12. The lowest BCUT2D eigenvalue weighted by molar-refractivity contribution is -0.129. The monoisotopic (exact) mass is 527 g/mol. The second-order valence-corrected chi connectivity index (χ2v) is 11.2. The van der Waals surface area contributed by atoms with Gasteiger partial charge in [0.15, 0.2) is 11.0 Å². The van der Waals surface area contributed by atoms with E-state index in [9.17, 15) is 13.2 Å². The Hall–Kier alpha value is -3.15. The van der Waals surface area contributed by atoms with Crippen molar-refractivity contribution in [3.8, 4) is 17.1 Å². The van der Waals surface area contributed by atoms with Crippen LogP contribution in [0.4, 0.5) is 0 Å². The minimum atomic E-state index is -3.58. The van der Waals surface area contributed by atoms with Gasteiger partial charge in [0.1, 0.15) is 5.75 Å². The molecule has 1 amide bonds. The fourth-order valence-corrected chi connectivity index (χ4v) is 6.25. The zero-order valence-corrected chi connectivity index (χ0v) is 22.0. The van der Waals surface area contributed by atoms with Gasteiger partial charge in [-0.05, 0) is 31.2 Å². The summed E-state index contributed by atoms with van der Waals surface area (Å²) in [4.78, 5) is 14.9. The number of allylic oxidation sites excluding steroid dienone is 1. The molecule has 0 unspecified atom stereocenters. The topological polar surface area (TPSA) is 97.6 Å². The van der Waals surface area contributed by atoms with Crippen LogP contribution in [0.1, 0.15) is 5.56 Å². The summed E-state index contributed by atoms with van der Waals surface area (Å²) in [6, 6.07) is 14.4. The number of amides is 1. The molecule has 0 saturated carbocycles. The lowest BCUT2D eigenvalue weighted by Gasteiger charge is -2.34. The van der Waals surface area contributed by atoms with E-state index in [4.69, 9.17) is 4.74 Å². The van der Waals surface area contributed by atoms with Gasteiger partial charge in [0.05, 0.1) is 23.3 Å². The highest BCUT2D eigenvalue weighted by Gasteiger charge is 2.30. The third-order valence-corrected chi connectivity index (χ3v) is 8.82. The molecular formula is C25H29N5O4S2. The normalized spacial score (nSPS) is 14.6. The van der Waals surface area contributed by atoms with E-state index in [1.807, 2.05) is 35.8 Å². The number of para-hydroxylation sites is 1. The van der Waals surface area contributed by atoms with E-state index in [0.29, 0.717) is 36.4 Å². The molecule has 3 aromatic rings. The van der Waals surface area contributed by atoms with Crippen molar-refractivity contribution in [2.75, 3.05) is 39.0 Å². The molecule has 36 heavy (non-hydrogen) atoms. The molecule has 11 heteroatoms. The van der Waals surface area contributed by atoms with Crippen molar-refractivity contribution in [2.24, 2.45) is 0 Å². The second kappa shape index (κ2) is 11.3. The van der Waals surface area contributed by atoms with Crippen molar-refractivity contribution in [1.82, 2.24) is 24.0 Å². The van der Waals surface area contributed by atoms with Crippen LogP contribution in [-0.2, 0) is 21.4 Å². The van der Waals surface area contributed by atoms with Crippen molar-refractivity contribution in [3.63, 3.8) is 0 Å². The third kappa shape index (κ3) is 5.48. The van der Waals surface area contributed by atoms with Gasteiger partial charge in [-0.3, -0.25) is 9.36 Å². The van der Waals surface area contributed by atoms with Crippen molar-refractivity contribution in [2.45, 2.75) is 23.5 Å². The molecule has 190 valence electrons. The van der Waals surface area contributed by atoms with Crippen LogP contribution in [0.2, 0.25) is 0 Å². The first-order valence-corrected chi connectivity index (χ1v) is 13.9. The molecule has 2 aromatic carbocycles. The van der Waals surface area contributed by atoms with Crippen LogP contribution in [0.5, 0.6) is 5.75 Å². The molecule has 4 rings (SSSR count). The Morgan fingerprint density at radius 2 is 1.78 bits per heavy atom. The predicted molar refractivity (Wildman–Crippen MR) is 139 cm³/mol. The van der Waals surface area contributed by atoms with Gasteiger partial charge in [-0.25, -0.2) is 8.42 Å². The Bertz CT molecular complexity index is 1330. The zero-order valence-electron chi connectivity index (χ0n) is 20.3. The van der Waals surface area contributed by atoms with E-state index in [1.54, 1.807) is 42.4 Å². The molecule has 1 aromatic heterocycles. The number of sulfonamides is 1. The van der Waals surface area contributed by atoms with Crippen molar-refractivity contribution in [3.05, 3.63) is 66.7 Å². The smallest absolute Gasteiger partial charge is 0.243 e. The number of nitrogens with zero attached hydrogens (tertiary/aromatic N) is 5. The summed E-state index contributed by atoms with van der Waals surface area (Å²) in [7, 11) is -1.97. The molecule has 1 aliphatic rings. The van der Waals surface area contributed by atoms with Crippen LogP contribution >= 0.6 is 11.8 Å². The van der Waals surface area contributed by atoms with Gasteiger partial charge in [-0.1, -0.05) is 47.7 Å². The Balaban J connectivity index is 1.39. The Morgan fingerprint density at radius 1 is 1.08 bits per heavy atom. The lowest BCUT2D eigenvalue weighted by atomic mass is 10.2. The van der Waals surface area contributed by atoms with Gasteiger partial charge in [0.2, 0.25) is 15.9 Å². The molecule has 1 aliphatic heterocycles. The highest BCUT2D eigenvalue weighted by Crippen LogP contribution is 2.31. The molecule has 0 atom stereocenters. The quantitative estimate of drug-likeness (QED) is 0.312. The lowest BCUT2D eigenvalue weighted by Crippen LogP contribution is -2.50. The molecule has 0 aliphatic carbocycles. The van der Waals surface area contributed by atoms with Gasteiger partial charge in [0, 0.05) is 32.7 Å². The number of aryl methyl sites for hydroxylation is 1. The highest BCUT2D eigenvalue weighted by atomic mass is 32.2. The summed E-state index contributed by atoms with van der Waals surface area (Å²) in [6.07, 6.45) is 1.75. The predicted octanol–water partition coefficient (Wildman–Crippen LogP) is 3.07. The van der Waals surface area contributed by atoms with Crippen LogP contribution in [0.15, 0.2) is 71.2 Å². The maximum Gasteiger partial charge on any atom is 0.243 e. The first kappa shape index (κ1) is 25.9. The first-order valence-electron chi connectivity index (χ1n) is 11.5. The molecule has 0 spiro atoms. The average Bonchev–Trinajstić information content (AvgIpc) is 3.30. The first-order chi connectivity index (χ1) is 17.3. The van der Waals surface area contributed by atoms with Gasteiger partial charge < -0.3 is 9.64 Å². The maximum absolute atomic E-state index is 12.9. The summed E-state index contributed by atoms with van der Waals surface area (Å²) in [5.41, 5.74) is 1.80. The molecule has 0 radical (unpaired) electrons. The number of hydrogen-bond donors (Lipinski definition) is 0. The van der Waals surface area contributed by atoms with E-state index in [0.717, 1.165) is 11.1 Å². The number of hydrogen-bond acceptors (Lipinski definition) is 7. The number of benzene rings is 2. The minimum Gasteiger partial charge on any atom is -0.496 e. The molecule has 2 heterocycles. The third-order valence-electron chi connectivity index (χ3n) is 5.95. The fourth-order valence-electron chi connectivity index (χ4n) is 3.97. The van der Waals surface area contributed by atoms with E-state index in [2.05, 4.69) is 16.8 Å². The van der Waals surface area contributed by atoms with E-state index < -0.39 is 10.0 Å². The summed E-state index contributed by atoms with van der Waals surface area (Å²) >= 11 is 1.30. The Labute approximate surface area is 215 Å². The number of thioether (sulfide) groups is 1. The number of carbonyl (C=O) groups is 1. The van der Waals surface area contributed by atoms with E-state index in [1.165, 1.54) is 16.1 Å².